The number of aryl methyl sites for hydroxylation is 2. The lowest BCUT2D eigenvalue weighted by Gasteiger charge is -2.26. The molecule has 0 bridgehead atoms. The van der Waals surface area contributed by atoms with E-state index < -0.39 is 5.97 Å². The van der Waals surface area contributed by atoms with Gasteiger partial charge in [0.2, 0.25) is 0 Å². The largest absolute Gasteiger partial charge is 0.486 e. The molecule has 6 rings (SSSR count). The van der Waals surface area contributed by atoms with E-state index in [0.29, 0.717) is 25.5 Å². The van der Waals surface area contributed by atoms with Gasteiger partial charge in [0.05, 0.1) is 18.7 Å². The molecule has 1 aromatic heterocycles. The number of amides is 1. The number of likely N-dealkylation sites (tertiary alicyclic amines) is 1. The number of furan rings is 1. The molecule has 1 fully saturated rings. The molecule has 7 nitrogen and oxygen atoms in total. The van der Waals surface area contributed by atoms with Gasteiger partial charge in [-0.15, -0.1) is 0 Å². The monoisotopic (exact) mass is 461 g/mol. The fraction of sp³-hybridized carbons (Fsp3) is 0.407. The van der Waals surface area contributed by atoms with Crippen molar-refractivity contribution in [2.45, 2.75) is 44.6 Å². The van der Waals surface area contributed by atoms with E-state index in [9.17, 15) is 9.59 Å². The van der Waals surface area contributed by atoms with Crippen molar-refractivity contribution in [3.8, 4) is 11.5 Å². The standard InChI is InChI=1S/C27H27NO6/c29-26(28-8-2-5-22(28)19-6-7-23-25(13-19)32-10-9-31-23)16-34-27(30)14-20-15-33-24-12-18-4-1-3-17(18)11-21(20)24/h6-7,11-13,15,22H,1-5,8-10,14,16H2. The Morgan fingerprint density at radius 3 is 2.71 bits per heavy atom. The number of esters is 1. The van der Waals surface area contributed by atoms with Crippen molar-refractivity contribution in [3.63, 3.8) is 0 Å². The Balaban J connectivity index is 1.09. The van der Waals surface area contributed by atoms with E-state index in [4.69, 9.17) is 18.6 Å². The number of hydrogen-bond donors (Lipinski definition) is 0. The molecule has 1 unspecified atom stereocenters. The van der Waals surface area contributed by atoms with Crippen LogP contribution >= 0.6 is 0 Å². The number of nitrogens with zero attached hydrogens (tertiary/aromatic N) is 1. The first kappa shape index (κ1) is 21.1. The molecular formula is C27H27NO6. The van der Waals surface area contributed by atoms with Crippen LogP contribution < -0.4 is 9.47 Å². The third kappa shape index (κ3) is 3.89. The summed E-state index contributed by atoms with van der Waals surface area (Å²) in [5.74, 6) is 0.844. The first-order valence-electron chi connectivity index (χ1n) is 12.0. The fourth-order valence-corrected chi connectivity index (χ4v) is 5.40. The van der Waals surface area contributed by atoms with Crippen molar-refractivity contribution >= 4 is 22.8 Å². The van der Waals surface area contributed by atoms with Gasteiger partial charge in [-0.1, -0.05) is 6.07 Å². The van der Waals surface area contributed by atoms with Gasteiger partial charge in [-0.3, -0.25) is 9.59 Å². The quantitative estimate of drug-likeness (QED) is 0.532. The van der Waals surface area contributed by atoms with Gasteiger partial charge < -0.3 is 23.5 Å². The zero-order valence-corrected chi connectivity index (χ0v) is 19.0. The van der Waals surface area contributed by atoms with E-state index in [-0.39, 0.29) is 25.0 Å². The van der Waals surface area contributed by atoms with Crippen LogP contribution in [0.3, 0.4) is 0 Å². The number of benzene rings is 2. The molecule has 0 spiro atoms. The Hall–Kier alpha value is -3.48. The normalized spacial score (nSPS) is 18.8. The second kappa shape index (κ2) is 8.70. The van der Waals surface area contributed by atoms with Gasteiger partial charge in [0, 0.05) is 17.5 Å². The number of fused-ring (bicyclic) bond motifs is 3. The van der Waals surface area contributed by atoms with Crippen molar-refractivity contribution in [2.75, 3.05) is 26.4 Å². The minimum absolute atomic E-state index is 0.0538. The molecule has 3 heterocycles. The van der Waals surface area contributed by atoms with Gasteiger partial charge in [0.25, 0.3) is 5.91 Å². The summed E-state index contributed by atoms with van der Waals surface area (Å²) < 4.78 is 22.4. The van der Waals surface area contributed by atoms with E-state index >= 15 is 0 Å². The molecule has 176 valence electrons. The van der Waals surface area contributed by atoms with E-state index in [0.717, 1.165) is 59.9 Å². The molecule has 3 aromatic rings. The average molecular weight is 462 g/mol. The molecule has 0 N–H and O–H groups in total. The summed E-state index contributed by atoms with van der Waals surface area (Å²) in [6.45, 7) is 1.45. The molecule has 0 saturated carbocycles. The molecule has 2 aromatic carbocycles. The Morgan fingerprint density at radius 1 is 1.00 bits per heavy atom. The van der Waals surface area contributed by atoms with Crippen LogP contribution in [0.5, 0.6) is 11.5 Å². The molecule has 0 radical (unpaired) electrons. The minimum atomic E-state index is -0.424. The van der Waals surface area contributed by atoms with Gasteiger partial charge in [-0.2, -0.15) is 0 Å². The van der Waals surface area contributed by atoms with E-state index in [1.807, 2.05) is 18.2 Å². The highest BCUT2D eigenvalue weighted by Gasteiger charge is 2.31. The van der Waals surface area contributed by atoms with E-state index in [1.165, 1.54) is 11.1 Å². The zero-order chi connectivity index (χ0) is 23.1. The van der Waals surface area contributed by atoms with Crippen LogP contribution in [0.4, 0.5) is 0 Å². The third-order valence-electron chi connectivity index (χ3n) is 7.08. The smallest absolute Gasteiger partial charge is 0.310 e. The summed E-state index contributed by atoms with van der Waals surface area (Å²) in [7, 11) is 0. The Bertz CT molecular complexity index is 1260. The molecule has 1 saturated heterocycles. The Morgan fingerprint density at radius 2 is 1.82 bits per heavy atom. The van der Waals surface area contributed by atoms with Crippen LogP contribution in [0.1, 0.15) is 47.6 Å². The number of rotatable bonds is 5. The third-order valence-corrected chi connectivity index (χ3v) is 7.08. The summed E-state index contributed by atoms with van der Waals surface area (Å²) in [5, 5.41) is 0.960. The summed E-state index contributed by atoms with van der Waals surface area (Å²) >= 11 is 0. The predicted molar refractivity (Wildman–Crippen MR) is 124 cm³/mol. The fourth-order valence-electron chi connectivity index (χ4n) is 5.40. The van der Waals surface area contributed by atoms with Crippen LogP contribution in [-0.4, -0.2) is 43.1 Å². The van der Waals surface area contributed by atoms with E-state index in [2.05, 4.69) is 12.1 Å². The molecule has 1 aliphatic carbocycles. The number of carbonyl (C=O) groups excluding carboxylic acids is 2. The molecule has 1 amide bonds. The number of ether oxygens (including phenoxy) is 3. The lowest BCUT2D eigenvalue weighted by Crippen LogP contribution is -2.34. The number of carbonyl (C=O) groups is 2. The Labute approximate surface area is 197 Å². The van der Waals surface area contributed by atoms with Crippen LogP contribution in [0.15, 0.2) is 41.0 Å². The van der Waals surface area contributed by atoms with E-state index in [1.54, 1.807) is 11.2 Å². The summed E-state index contributed by atoms with van der Waals surface area (Å²) in [6.07, 6.45) is 6.79. The molecular weight excluding hydrogens is 434 g/mol. The highest BCUT2D eigenvalue weighted by atomic mass is 16.6. The van der Waals surface area contributed by atoms with Crippen molar-refractivity contribution < 1.29 is 28.2 Å². The topological polar surface area (TPSA) is 78.2 Å². The maximum Gasteiger partial charge on any atom is 0.310 e. The average Bonchev–Trinajstić information content (AvgIpc) is 3.61. The molecule has 3 aliphatic rings. The summed E-state index contributed by atoms with van der Waals surface area (Å²) in [4.78, 5) is 27.3. The van der Waals surface area contributed by atoms with Crippen LogP contribution in [0.25, 0.3) is 11.0 Å². The van der Waals surface area contributed by atoms with Crippen molar-refractivity contribution in [1.29, 1.82) is 0 Å². The van der Waals surface area contributed by atoms with Gasteiger partial charge in [0.15, 0.2) is 18.1 Å². The highest BCUT2D eigenvalue weighted by molar-refractivity contribution is 5.88. The maximum atomic E-state index is 12.9. The SMILES string of the molecule is O=C(Cc1coc2cc3c(cc12)CCC3)OCC(=O)N1CCCC1c1ccc2c(c1)OCCO2. The first-order chi connectivity index (χ1) is 16.7. The van der Waals surface area contributed by atoms with Crippen LogP contribution in [-0.2, 0) is 33.6 Å². The Kier molecular flexibility index (Phi) is 5.40. The highest BCUT2D eigenvalue weighted by Crippen LogP contribution is 2.38. The minimum Gasteiger partial charge on any atom is -0.486 e. The lowest BCUT2D eigenvalue weighted by atomic mass is 10.0. The van der Waals surface area contributed by atoms with Gasteiger partial charge in [-0.05, 0) is 73.1 Å². The van der Waals surface area contributed by atoms with Crippen molar-refractivity contribution in [2.24, 2.45) is 0 Å². The lowest BCUT2D eigenvalue weighted by molar-refractivity contribution is -0.151. The molecule has 1 atom stereocenters. The van der Waals surface area contributed by atoms with Crippen molar-refractivity contribution in [3.05, 3.63) is 58.8 Å². The second-order valence-corrected chi connectivity index (χ2v) is 9.22. The van der Waals surface area contributed by atoms with Gasteiger partial charge in [0.1, 0.15) is 18.8 Å². The first-order valence-corrected chi connectivity index (χ1v) is 12.0. The molecule has 34 heavy (non-hydrogen) atoms. The number of hydrogen-bond acceptors (Lipinski definition) is 6. The molecule has 2 aliphatic heterocycles. The summed E-state index contributed by atoms with van der Waals surface area (Å²) in [5.41, 5.74) is 5.29. The van der Waals surface area contributed by atoms with Gasteiger partial charge >= 0.3 is 5.97 Å². The maximum absolute atomic E-state index is 12.9. The van der Waals surface area contributed by atoms with Crippen LogP contribution in [0.2, 0.25) is 0 Å². The van der Waals surface area contributed by atoms with Gasteiger partial charge in [-0.25, -0.2) is 0 Å². The predicted octanol–water partition coefficient (Wildman–Crippen LogP) is 4.14. The molecule has 7 heteroatoms. The summed E-state index contributed by atoms with van der Waals surface area (Å²) in [6, 6.07) is 10.0. The zero-order valence-electron chi connectivity index (χ0n) is 19.0. The van der Waals surface area contributed by atoms with Crippen LogP contribution in [0, 0.1) is 0 Å². The van der Waals surface area contributed by atoms with Crippen molar-refractivity contribution in [1.82, 2.24) is 4.90 Å². The second-order valence-electron chi connectivity index (χ2n) is 9.22.